The van der Waals surface area contributed by atoms with Gasteiger partial charge in [-0.2, -0.15) is 0 Å². The second kappa shape index (κ2) is 7.42. The molecule has 0 aliphatic carbocycles. The molecule has 0 amide bonds. The normalized spacial score (nSPS) is 11.8. The lowest BCUT2D eigenvalue weighted by Gasteiger charge is -2.15. The number of benzene rings is 2. The zero-order chi connectivity index (χ0) is 17.7. The van der Waals surface area contributed by atoms with Crippen molar-refractivity contribution in [1.82, 2.24) is 5.32 Å². The predicted octanol–water partition coefficient (Wildman–Crippen LogP) is 1.79. The van der Waals surface area contributed by atoms with Gasteiger partial charge in [0.1, 0.15) is 6.04 Å². The van der Waals surface area contributed by atoms with Gasteiger partial charge >= 0.3 is 11.7 Å². The summed E-state index contributed by atoms with van der Waals surface area (Å²) in [6, 6.07) is 10.3. The number of hydrogen-bond donors (Lipinski definition) is 4. The molecule has 126 valence electrons. The van der Waals surface area contributed by atoms with Gasteiger partial charge in [0.2, 0.25) is 5.75 Å². The standard InChI is InChI=1S/C16H16N2O6/c19-13-7-6-11(14(15(13)20)18(23)24)8-12(16(21)22)17-9-10-4-2-1-3-5-10/h1-7,12,17,19-20H,8-9H2,(H,21,22)/t12-/m0/s1. The molecule has 0 spiro atoms. The summed E-state index contributed by atoms with van der Waals surface area (Å²) in [5.74, 6) is -2.67. The number of phenols is 2. The lowest BCUT2D eigenvalue weighted by molar-refractivity contribution is -0.386. The molecule has 0 heterocycles. The SMILES string of the molecule is O=C(O)[C@H](Cc1ccc(O)c(O)c1[N+](=O)[O-])NCc1ccccc1. The van der Waals surface area contributed by atoms with Crippen LogP contribution in [0.3, 0.4) is 0 Å². The van der Waals surface area contributed by atoms with Crippen LogP contribution in [0.2, 0.25) is 0 Å². The van der Waals surface area contributed by atoms with Crippen molar-refractivity contribution in [1.29, 1.82) is 0 Å². The molecular formula is C16H16N2O6. The zero-order valence-electron chi connectivity index (χ0n) is 12.5. The molecule has 8 nitrogen and oxygen atoms in total. The van der Waals surface area contributed by atoms with Crippen molar-refractivity contribution in [3.05, 3.63) is 63.7 Å². The van der Waals surface area contributed by atoms with Crippen molar-refractivity contribution in [2.24, 2.45) is 0 Å². The van der Waals surface area contributed by atoms with E-state index < -0.39 is 34.1 Å². The number of nitrogens with zero attached hydrogens (tertiary/aromatic N) is 1. The molecule has 24 heavy (non-hydrogen) atoms. The van der Waals surface area contributed by atoms with E-state index in [-0.39, 0.29) is 18.5 Å². The Kier molecular flexibility index (Phi) is 5.33. The second-order valence-electron chi connectivity index (χ2n) is 5.16. The predicted molar refractivity (Wildman–Crippen MR) is 84.8 cm³/mol. The number of carbonyl (C=O) groups is 1. The number of rotatable bonds is 7. The van der Waals surface area contributed by atoms with Gasteiger partial charge < -0.3 is 20.6 Å². The van der Waals surface area contributed by atoms with Crippen LogP contribution in [0.5, 0.6) is 11.5 Å². The summed E-state index contributed by atoms with van der Waals surface area (Å²) < 4.78 is 0. The first-order valence-corrected chi connectivity index (χ1v) is 7.08. The molecule has 2 rings (SSSR count). The Labute approximate surface area is 137 Å². The van der Waals surface area contributed by atoms with Crippen molar-refractivity contribution >= 4 is 11.7 Å². The molecule has 0 unspecified atom stereocenters. The molecule has 8 heteroatoms. The van der Waals surface area contributed by atoms with Crippen LogP contribution in [0.1, 0.15) is 11.1 Å². The van der Waals surface area contributed by atoms with Crippen LogP contribution in [-0.2, 0) is 17.8 Å². The largest absolute Gasteiger partial charge is 0.504 e. The number of nitro groups is 1. The van der Waals surface area contributed by atoms with Crippen molar-refractivity contribution in [3.63, 3.8) is 0 Å². The molecule has 4 N–H and O–H groups in total. The smallest absolute Gasteiger partial charge is 0.321 e. The van der Waals surface area contributed by atoms with E-state index >= 15 is 0 Å². The summed E-state index contributed by atoms with van der Waals surface area (Å²) >= 11 is 0. The van der Waals surface area contributed by atoms with Gasteiger partial charge in [-0.3, -0.25) is 14.9 Å². The number of aliphatic carboxylic acids is 1. The quantitative estimate of drug-likeness (QED) is 0.345. The Morgan fingerprint density at radius 3 is 2.42 bits per heavy atom. The maximum atomic E-state index is 11.4. The third-order valence-corrected chi connectivity index (χ3v) is 3.51. The van der Waals surface area contributed by atoms with Gasteiger partial charge in [-0.05, 0) is 17.7 Å². The molecule has 0 saturated heterocycles. The number of carboxylic acid groups (broad SMARTS) is 1. The second-order valence-corrected chi connectivity index (χ2v) is 5.16. The minimum atomic E-state index is -1.17. The van der Waals surface area contributed by atoms with Crippen molar-refractivity contribution in [2.45, 2.75) is 19.0 Å². The fourth-order valence-corrected chi connectivity index (χ4v) is 2.28. The molecule has 2 aromatic carbocycles. The number of aromatic hydroxyl groups is 2. The Morgan fingerprint density at radius 2 is 1.83 bits per heavy atom. The van der Waals surface area contributed by atoms with Crippen LogP contribution in [0.4, 0.5) is 5.69 Å². The topological polar surface area (TPSA) is 133 Å². The van der Waals surface area contributed by atoms with Crippen LogP contribution in [0.15, 0.2) is 42.5 Å². The summed E-state index contributed by atoms with van der Waals surface area (Å²) in [7, 11) is 0. The van der Waals surface area contributed by atoms with Crippen LogP contribution in [-0.4, -0.2) is 32.3 Å². The molecule has 1 atom stereocenters. The third kappa shape index (κ3) is 3.99. The first-order chi connectivity index (χ1) is 11.4. The van der Waals surface area contributed by atoms with Gasteiger partial charge in [0.15, 0.2) is 5.75 Å². The maximum absolute atomic E-state index is 11.4. The number of nitrogens with one attached hydrogen (secondary N) is 1. The highest BCUT2D eigenvalue weighted by Crippen LogP contribution is 2.38. The van der Waals surface area contributed by atoms with Gasteiger partial charge in [0.25, 0.3) is 0 Å². The molecular weight excluding hydrogens is 316 g/mol. The fourth-order valence-electron chi connectivity index (χ4n) is 2.28. The van der Waals surface area contributed by atoms with E-state index in [2.05, 4.69) is 5.32 Å². The minimum Gasteiger partial charge on any atom is -0.504 e. The lowest BCUT2D eigenvalue weighted by Crippen LogP contribution is -2.38. The highest BCUT2D eigenvalue weighted by molar-refractivity contribution is 5.74. The minimum absolute atomic E-state index is 0.0169. The average molecular weight is 332 g/mol. The van der Waals surface area contributed by atoms with Gasteiger partial charge in [0.05, 0.1) is 4.92 Å². The van der Waals surface area contributed by atoms with E-state index in [1.807, 2.05) is 30.3 Å². The summed E-state index contributed by atoms with van der Waals surface area (Å²) in [5, 5.41) is 42.3. The monoisotopic (exact) mass is 332 g/mol. The van der Waals surface area contributed by atoms with Gasteiger partial charge in [-0.25, -0.2) is 0 Å². The van der Waals surface area contributed by atoms with Gasteiger partial charge in [-0.15, -0.1) is 0 Å². The molecule has 0 saturated carbocycles. The first kappa shape index (κ1) is 17.2. The Hall–Kier alpha value is -3.13. The first-order valence-electron chi connectivity index (χ1n) is 7.08. The van der Waals surface area contributed by atoms with Gasteiger partial charge in [0, 0.05) is 18.5 Å². The molecule has 2 aromatic rings. The average Bonchev–Trinajstić information content (AvgIpc) is 2.55. The third-order valence-electron chi connectivity index (χ3n) is 3.51. The highest BCUT2D eigenvalue weighted by atomic mass is 16.6. The molecule has 0 aliphatic rings. The number of nitro benzene ring substituents is 1. The molecule has 0 aromatic heterocycles. The van der Waals surface area contributed by atoms with E-state index in [1.165, 1.54) is 6.07 Å². The van der Waals surface area contributed by atoms with E-state index in [4.69, 9.17) is 0 Å². The number of hydrogen-bond acceptors (Lipinski definition) is 6. The maximum Gasteiger partial charge on any atom is 0.321 e. The van der Waals surface area contributed by atoms with Crippen LogP contribution < -0.4 is 5.32 Å². The lowest BCUT2D eigenvalue weighted by atomic mass is 10.0. The Bertz CT molecular complexity index is 748. The van der Waals surface area contributed by atoms with E-state index in [9.17, 15) is 30.2 Å². The van der Waals surface area contributed by atoms with E-state index in [0.29, 0.717) is 0 Å². The van der Waals surface area contributed by atoms with Crippen molar-refractivity contribution in [2.75, 3.05) is 0 Å². The zero-order valence-corrected chi connectivity index (χ0v) is 12.5. The van der Waals surface area contributed by atoms with Gasteiger partial charge in [-0.1, -0.05) is 30.3 Å². The van der Waals surface area contributed by atoms with Crippen LogP contribution in [0.25, 0.3) is 0 Å². The summed E-state index contributed by atoms with van der Waals surface area (Å²) in [4.78, 5) is 21.7. The van der Waals surface area contributed by atoms with E-state index in [1.54, 1.807) is 0 Å². The number of phenolic OH excluding ortho intramolecular Hbond substituents is 2. The molecule has 0 aliphatic heterocycles. The summed E-state index contributed by atoms with van der Waals surface area (Å²) in [5.41, 5.74) is 0.192. The number of carboxylic acids is 1. The summed E-state index contributed by atoms with van der Waals surface area (Å²) in [6.07, 6.45) is -0.216. The van der Waals surface area contributed by atoms with Crippen molar-refractivity contribution in [3.8, 4) is 11.5 Å². The summed E-state index contributed by atoms with van der Waals surface area (Å²) in [6.45, 7) is 0.273. The van der Waals surface area contributed by atoms with Crippen LogP contribution >= 0.6 is 0 Å². The molecule has 0 fully saturated rings. The molecule has 0 radical (unpaired) electrons. The highest BCUT2D eigenvalue weighted by Gasteiger charge is 2.27. The Balaban J connectivity index is 2.21. The Morgan fingerprint density at radius 1 is 1.17 bits per heavy atom. The van der Waals surface area contributed by atoms with Crippen molar-refractivity contribution < 1.29 is 25.0 Å². The van der Waals surface area contributed by atoms with Crippen LogP contribution in [0, 0.1) is 10.1 Å². The fraction of sp³-hybridized carbons (Fsp3) is 0.188. The molecule has 0 bridgehead atoms. The van der Waals surface area contributed by atoms with E-state index in [0.717, 1.165) is 11.6 Å².